The fourth-order valence-electron chi connectivity index (χ4n) is 6.57. The second-order valence-electron chi connectivity index (χ2n) is 9.67. The molecule has 11 heteroatoms. The third-order valence-electron chi connectivity index (χ3n) is 8.04. The average molecular weight is 541 g/mol. The maximum atomic E-state index is 12.5. The first-order chi connectivity index (χ1) is 15.7. The van der Waals surface area contributed by atoms with E-state index in [0.29, 0.717) is 54.8 Å². The number of amides is 1. The van der Waals surface area contributed by atoms with Crippen LogP contribution in [0.5, 0.6) is 5.75 Å². The van der Waals surface area contributed by atoms with Gasteiger partial charge in [0.25, 0.3) is 0 Å². The summed E-state index contributed by atoms with van der Waals surface area (Å²) >= 11 is 11.6. The maximum absolute atomic E-state index is 12.5. The number of carbonyl (C=O) groups excluding carboxylic acids is 1. The monoisotopic (exact) mass is 540 g/mol. The zero-order valence-electron chi connectivity index (χ0n) is 19.7. The first kappa shape index (κ1) is 28.7. The molecule has 0 bridgehead atoms. The Morgan fingerprint density at radius 2 is 1.88 bits per heavy atom. The van der Waals surface area contributed by atoms with Crippen LogP contribution in [0.25, 0.3) is 0 Å². The number of hydrogen-bond donors (Lipinski definition) is 0. The second kappa shape index (κ2) is 11.7. The Hall–Kier alpha value is 0.180. The number of alkyl halides is 2. The first-order valence-electron chi connectivity index (χ1n) is 11.6. The Labute approximate surface area is 233 Å². The van der Waals surface area contributed by atoms with E-state index in [2.05, 4.69) is 13.0 Å². The minimum absolute atomic E-state index is 0. The number of phosphoric ester groups is 1. The molecule has 0 aromatic heterocycles. The summed E-state index contributed by atoms with van der Waals surface area (Å²) in [6.45, 7) is 2.84. The van der Waals surface area contributed by atoms with Gasteiger partial charge >= 0.3 is 35.7 Å². The van der Waals surface area contributed by atoms with Gasteiger partial charge in [0.15, 0.2) is 0 Å². The summed E-state index contributed by atoms with van der Waals surface area (Å²) in [4.78, 5) is 36.5. The third kappa shape index (κ3) is 6.00. The van der Waals surface area contributed by atoms with E-state index in [1.165, 1.54) is 16.0 Å². The predicted molar refractivity (Wildman–Crippen MR) is 123 cm³/mol. The van der Waals surface area contributed by atoms with Crippen LogP contribution >= 0.6 is 31.0 Å². The number of fused-ring (bicyclic) bond motifs is 5. The molecular formula is C23H30Cl2NNaO6P-. The number of phosphoric acid groups is 1. The van der Waals surface area contributed by atoms with E-state index in [0.717, 1.165) is 32.1 Å². The van der Waals surface area contributed by atoms with Crippen LogP contribution in [0.2, 0.25) is 0 Å². The van der Waals surface area contributed by atoms with Crippen LogP contribution in [0.4, 0.5) is 4.79 Å². The molecule has 1 aromatic rings. The summed E-state index contributed by atoms with van der Waals surface area (Å²) in [6, 6.07) is 5.87. The molecule has 0 N–H and O–H groups in total. The van der Waals surface area contributed by atoms with Gasteiger partial charge in [-0.05, 0) is 85.0 Å². The molecule has 1 amide bonds. The molecule has 0 radical (unpaired) electrons. The quantitative estimate of drug-likeness (QED) is 0.291. The Morgan fingerprint density at radius 3 is 2.53 bits per heavy atom. The van der Waals surface area contributed by atoms with Gasteiger partial charge in [-0.2, -0.15) is 0 Å². The van der Waals surface area contributed by atoms with Gasteiger partial charge in [0.1, 0.15) is 5.75 Å². The van der Waals surface area contributed by atoms with Gasteiger partial charge in [0, 0.05) is 24.8 Å². The molecule has 7 nitrogen and oxygen atoms in total. The molecule has 0 unspecified atom stereocenters. The molecular weight excluding hydrogens is 511 g/mol. The zero-order valence-corrected chi connectivity index (χ0v) is 24.1. The molecule has 2 saturated carbocycles. The molecule has 5 atom stereocenters. The van der Waals surface area contributed by atoms with Gasteiger partial charge in [-0.1, -0.05) is 13.0 Å². The molecule has 0 saturated heterocycles. The molecule has 2 fully saturated rings. The van der Waals surface area contributed by atoms with Gasteiger partial charge in [-0.3, -0.25) is 0 Å². The number of rotatable bonds is 7. The van der Waals surface area contributed by atoms with Crippen molar-refractivity contribution >= 4 is 37.1 Å². The SMILES string of the molecule is C[C@]12CC[C@@H]3c4ccc(OC(=O)N(CCCl)CCCl)cc4CC[C@H]3[C@@H]1CC[C@@H]2OP(=O)([O-])[O-].[Na+]. The Kier molecular flexibility index (Phi) is 9.90. The molecule has 0 aliphatic heterocycles. The van der Waals surface area contributed by atoms with Crippen molar-refractivity contribution in [3.8, 4) is 5.75 Å². The topological polar surface area (TPSA) is 102 Å². The van der Waals surface area contributed by atoms with Crippen LogP contribution < -0.4 is 44.1 Å². The van der Waals surface area contributed by atoms with Crippen LogP contribution in [-0.4, -0.2) is 41.9 Å². The number of ether oxygens (including phenoxy) is 1. The number of halogens is 2. The third-order valence-corrected chi connectivity index (χ3v) is 8.89. The molecule has 0 heterocycles. The molecule has 184 valence electrons. The van der Waals surface area contributed by atoms with Crippen molar-refractivity contribution in [2.75, 3.05) is 24.8 Å². The smallest absolute Gasteiger partial charge is 0.790 e. The number of carbonyl (C=O) groups is 1. The number of benzene rings is 1. The normalized spacial score (nSPS) is 29.9. The first-order valence-corrected chi connectivity index (χ1v) is 14.1. The molecule has 4 rings (SSSR count). The molecule has 3 aliphatic rings. The van der Waals surface area contributed by atoms with E-state index in [9.17, 15) is 19.1 Å². The van der Waals surface area contributed by atoms with Crippen molar-refractivity contribution in [2.24, 2.45) is 17.3 Å². The van der Waals surface area contributed by atoms with E-state index >= 15 is 0 Å². The van der Waals surface area contributed by atoms with Gasteiger partial charge in [-0.25, -0.2) is 4.79 Å². The Bertz CT molecular complexity index is 927. The average Bonchev–Trinajstić information content (AvgIpc) is 3.08. The van der Waals surface area contributed by atoms with Crippen molar-refractivity contribution < 1.29 is 58.0 Å². The fourth-order valence-corrected chi connectivity index (χ4v) is 7.63. The van der Waals surface area contributed by atoms with Crippen LogP contribution in [0.15, 0.2) is 18.2 Å². The summed E-state index contributed by atoms with van der Waals surface area (Å²) in [6.07, 6.45) is 4.12. The largest absolute Gasteiger partial charge is 1.00 e. The van der Waals surface area contributed by atoms with Gasteiger partial charge < -0.3 is 28.5 Å². The van der Waals surface area contributed by atoms with Crippen LogP contribution in [0, 0.1) is 17.3 Å². The van der Waals surface area contributed by atoms with Gasteiger partial charge in [0.05, 0.1) is 13.9 Å². The van der Waals surface area contributed by atoms with Gasteiger partial charge in [-0.15, -0.1) is 23.2 Å². The van der Waals surface area contributed by atoms with E-state index in [4.69, 9.17) is 32.5 Å². The van der Waals surface area contributed by atoms with Crippen molar-refractivity contribution in [2.45, 2.75) is 57.5 Å². The van der Waals surface area contributed by atoms with E-state index < -0.39 is 20.0 Å². The Morgan fingerprint density at radius 1 is 1.18 bits per heavy atom. The minimum atomic E-state index is -5.00. The van der Waals surface area contributed by atoms with Crippen molar-refractivity contribution in [3.05, 3.63) is 29.3 Å². The molecule has 34 heavy (non-hydrogen) atoms. The fraction of sp³-hybridized carbons (Fsp3) is 0.696. The van der Waals surface area contributed by atoms with Crippen molar-refractivity contribution in [3.63, 3.8) is 0 Å². The van der Waals surface area contributed by atoms with Crippen molar-refractivity contribution in [1.29, 1.82) is 0 Å². The standard InChI is InChI=1S/C23H32Cl2NO6P.Na/c1-23-9-8-18-17-5-3-16(31-22(27)26(12-10-24)13-11-25)14-15(17)2-4-19(18)20(23)6-7-21(23)32-33(28,29)30;/h3,5,14,18-21H,2,4,6-13H2,1H3,(H2,28,29,30);/q;+1/p-2/t18-,19-,20+,21+,23+;/m1./s1. The minimum Gasteiger partial charge on any atom is -0.790 e. The summed E-state index contributed by atoms with van der Waals surface area (Å²) < 4.78 is 21.9. The summed E-state index contributed by atoms with van der Waals surface area (Å²) in [5, 5.41) is 0. The van der Waals surface area contributed by atoms with Crippen LogP contribution in [-0.2, 0) is 15.5 Å². The second-order valence-corrected chi connectivity index (χ2v) is 11.5. The summed E-state index contributed by atoms with van der Waals surface area (Å²) in [7, 11) is -5.00. The molecule has 1 aromatic carbocycles. The number of nitrogens with zero attached hydrogens (tertiary/aromatic N) is 1. The molecule has 0 spiro atoms. The van der Waals surface area contributed by atoms with E-state index in [1.54, 1.807) is 0 Å². The summed E-state index contributed by atoms with van der Waals surface area (Å²) in [5.74, 6) is 2.28. The maximum Gasteiger partial charge on any atom is 1.00 e. The molecule has 3 aliphatic carbocycles. The van der Waals surface area contributed by atoms with Crippen LogP contribution in [0.1, 0.15) is 56.1 Å². The Balaban J connectivity index is 0.00000324. The van der Waals surface area contributed by atoms with Crippen molar-refractivity contribution in [1.82, 2.24) is 4.90 Å². The zero-order chi connectivity index (χ0) is 23.8. The summed E-state index contributed by atoms with van der Waals surface area (Å²) in [5.41, 5.74) is 2.20. The number of aryl methyl sites for hydroxylation is 1. The van der Waals surface area contributed by atoms with E-state index in [-0.39, 0.29) is 35.0 Å². The van der Waals surface area contributed by atoms with Gasteiger partial charge in [0.2, 0.25) is 0 Å². The van der Waals surface area contributed by atoms with E-state index in [1.807, 2.05) is 12.1 Å². The predicted octanol–water partition coefficient (Wildman–Crippen LogP) is 1.04. The van der Waals surface area contributed by atoms with Crippen LogP contribution in [0.3, 0.4) is 0 Å². The number of hydrogen-bond acceptors (Lipinski definition) is 6.